The van der Waals surface area contributed by atoms with Crippen molar-refractivity contribution in [1.29, 1.82) is 0 Å². The van der Waals surface area contributed by atoms with Crippen LogP contribution in [0, 0.1) is 5.92 Å². The molecule has 0 unspecified atom stereocenters. The molecule has 0 aromatic carbocycles. The molecule has 0 spiro atoms. The summed E-state index contributed by atoms with van der Waals surface area (Å²) in [5, 5.41) is 2.77. The van der Waals surface area contributed by atoms with E-state index in [0.29, 0.717) is 0 Å². The van der Waals surface area contributed by atoms with Crippen LogP contribution in [-0.2, 0) is 9.53 Å². The molecular formula is C11H18F3NO2. The van der Waals surface area contributed by atoms with Gasteiger partial charge in [0.25, 0.3) is 0 Å². The van der Waals surface area contributed by atoms with Gasteiger partial charge in [-0.25, -0.2) is 0 Å². The van der Waals surface area contributed by atoms with Crippen LogP contribution in [0.1, 0.15) is 33.6 Å². The quantitative estimate of drug-likeness (QED) is 0.728. The second kappa shape index (κ2) is 4.84. The molecular weight excluding hydrogens is 235 g/mol. The molecule has 0 saturated carbocycles. The lowest BCUT2D eigenvalue weighted by atomic mass is 9.92. The van der Waals surface area contributed by atoms with E-state index >= 15 is 0 Å². The molecule has 0 bridgehead atoms. The second-order valence-electron chi connectivity index (χ2n) is 5.30. The van der Waals surface area contributed by atoms with Gasteiger partial charge in [-0.05, 0) is 40.2 Å². The van der Waals surface area contributed by atoms with Gasteiger partial charge in [0.15, 0.2) is 0 Å². The van der Waals surface area contributed by atoms with Crippen LogP contribution in [0.4, 0.5) is 13.2 Å². The fourth-order valence-corrected chi connectivity index (χ4v) is 1.77. The zero-order chi connectivity index (χ0) is 13.3. The minimum Gasteiger partial charge on any atom is -0.459 e. The van der Waals surface area contributed by atoms with Gasteiger partial charge in [0.05, 0.1) is 5.92 Å². The maximum absolute atomic E-state index is 12.5. The number of esters is 1. The Morgan fingerprint density at radius 2 is 1.88 bits per heavy atom. The molecule has 3 nitrogen and oxygen atoms in total. The van der Waals surface area contributed by atoms with Crippen LogP contribution in [0.5, 0.6) is 0 Å². The summed E-state index contributed by atoms with van der Waals surface area (Å²) in [5.41, 5.74) is -0.677. The molecule has 1 aliphatic rings. The highest BCUT2D eigenvalue weighted by Gasteiger charge is 2.44. The molecule has 0 radical (unpaired) electrons. The van der Waals surface area contributed by atoms with E-state index < -0.39 is 29.7 Å². The number of ether oxygens (including phenoxy) is 1. The van der Waals surface area contributed by atoms with Crippen molar-refractivity contribution in [2.75, 3.05) is 6.54 Å². The largest absolute Gasteiger partial charge is 0.459 e. The zero-order valence-corrected chi connectivity index (χ0v) is 10.2. The maximum atomic E-state index is 12.5. The van der Waals surface area contributed by atoms with Gasteiger partial charge in [-0.3, -0.25) is 4.79 Å². The third-order valence-corrected chi connectivity index (χ3v) is 2.56. The van der Waals surface area contributed by atoms with Crippen molar-refractivity contribution in [2.45, 2.75) is 51.4 Å². The smallest absolute Gasteiger partial charge is 0.391 e. The van der Waals surface area contributed by atoms with Crippen LogP contribution in [0.15, 0.2) is 0 Å². The highest BCUT2D eigenvalue weighted by Crippen LogP contribution is 2.34. The van der Waals surface area contributed by atoms with Crippen molar-refractivity contribution in [3.8, 4) is 0 Å². The molecule has 1 saturated heterocycles. The summed E-state index contributed by atoms with van der Waals surface area (Å²) in [5.74, 6) is -2.02. The SMILES string of the molecule is CC(C)(C)OC(=O)[C@@H]1C[C@@H](C(F)(F)F)CCN1. The van der Waals surface area contributed by atoms with Gasteiger partial charge in [0.1, 0.15) is 11.6 Å². The topological polar surface area (TPSA) is 38.3 Å². The number of hydrogen-bond acceptors (Lipinski definition) is 3. The van der Waals surface area contributed by atoms with Gasteiger partial charge in [-0.15, -0.1) is 0 Å². The van der Waals surface area contributed by atoms with E-state index in [1.165, 1.54) is 0 Å². The maximum Gasteiger partial charge on any atom is 0.391 e. The Hall–Kier alpha value is -0.780. The minimum atomic E-state index is -4.23. The molecule has 1 aliphatic heterocycles. The molecule has 6 heteroatoms. The Kier molecular flexibility index (Phi) is 4.06. The molecule has 0 aromatic heterocycles. The van der Waals surface area contributed by atoms with E-state index in [2.05, 4.69) is 5.32 Å². The van der Waals surface area contributed by atoms with Crippen LogP contribution >= 0.6 is 0 Å². The number of hydrogen-bond donors (Lipinski definition) is 1. The zero-order valence-electron chi connectivity index (χ0n) is 10.2. The molecule has 100 valence electrons. The monoisotopic (exact) mass is 253 g/mol. The van der Waals surface area contributed by atoms with E-state index in [4.69, 9.17) is 4.74 Å². The number of piperidine rings is 1. The van der Waals surface area contributed by atoms with Crippen molar-refractivity contribution in [3.63, 3.8) is 0 Å². The Balaban J connectivity index is 2.58. The molecule has 0 amide bonds. The molecule has 0 aliphatic carbocycles. The number of carbonyl (C=O) groups is 1. The number of rotatable bonds is 1. The molecule has 17 heavy (non-hydrogen) atoms. The first-order valence-corrected chi connectivity index (χ1v) is 5.62. The van der Waals surface area contributed by atoms with Gasteiger partial charge in [-0.2, -0.15) is 13.2 Å². The average molecular weight is 253 g/mol. The molecule has 1 fully saturated rings. The Labute approximate surface area is 98.7 Å². The van der Waals surface area contributed by atoms with Crippen molar-refractivity contribution < 1.29 is 22.7 Å². The lowest BCUT2D eigenvalue weighted by molar-refractivity contribution is -0.187. The van der Waals surface area contributed by atoms with Gasteiger partial charge < -0.3 is 10.1 Å². The Bertz CT molecular complexity index is 283. The summed E-state index contributed by atoms with van der Waals surface area (Å²) in [6.45, 7) is 5.26. The van der Waals surface area contributed by atoms with E-state index in [1.807, 2.05) is 0 Å². The van der Waals surface area contributed by atoms with Crippen molar-refractivity contribution in [1.82, 2.24) is 5.32 Å². The molecule has 2 atom stereocenters. The summed E-state index contributed by atoms with van der Waals surface area (Å²) < 4.78 is 42.7. The van der Waals surface area contributed by atoms with Gasteiger partial charge in [0.2, 0.25) is 0 Å². The number of halogens is 3. The standard InChI is InChI=1S/C11H18F3NO2/c1-10(2,3)17-9(16)8-6-7(4-5-15-8)11(12,13)14/h7-8,15H,4-6H2,1-3H3/t7-,8-/m0/s1. The summed E-state index contributed by atoms with van der Waals surface area (Å²) in [6, 6.07) is -0.852. The molecule has 1 heterocycles. The number of nitrogens with one attached hydrogen (secondary N) is 1. The van der Waals surface area contributed by atoms with E-state index in [-0.39, 0.29) is 19.4 Å². The van der Waals surface area contributed by atoms with Crippen LogP contribution < -0.4 is 5.32 Å². The fourth-order valence-electron chi connectivity index (χ4n) is 1.77. The highest BCUT2D eigenvalue weighted by atomic mass is 19.4. The summed E-state index contributed by atoms with van der Waals surface area (Å²) in [6.07, 6.45) is -4.45. The van der Waals surface area contributed by atoms with Crippen LogP contribution in [-0.4, -0.2) is 30.3 Å². The lowest BCUT2D eigenvalue weighted by Gasteiger charge is -2.32. The van der Waals surface area contributed by atoms with Crippen LogP contribution in [0.2, 0.25) is 0 Å². The van der Waals surface area contributed by atoms with Gasteiger partial charge >= 0.3 is 12.1 Å². The molecule has 1 rings (SSSR count). The van der Waals surface area contributed by atoms with Crippen molar-refractivity contribution in [3.05, 3.63) is 0 Å². The van der Waals surface area contributed by atoms with E-state index in [9.17, 15) is 18.0 Å². The first-order chi connectivity index (χ1) is 7.59. The number of carbonyl (C=O) groups excluding carboxylic acids is 1. The van der Waals surface area contributed by atoms with Crippen LogP contribution in [0.25, 0.3) is 0 Å². The van der Waals surface area contributed by atoms with E-state index in [1.54, 1.807) is 20.8 Å². The first-order valence-electron chi connectivity index (χ1n) is 5.62. The predicted octanol–water partition coefficient (Wildman–Crippen LogP) is 2.26. The normalized spacial score (nSPS) is 26.7. The molecule has 0 aromatic rings. The average Bonchev–Trinajstić information content (AvgIpc) is 2.14. The van der Waals surface area contributed by atoms with E-state index in [0.717, 1.165) is 0 Å². The summed E-state index contributed by atoms with van der Waals surface area (Å²) in [7, 11) is 0. The first kappa shape index (κ1) is 14.3. The number of alkyl halides is 3. The van der Waals surface area contributed by atoms with Crippen molar-refractivity contribution in [2.24, 2.45) is 5.92 Å². The third-order valence-electron chi connectivity index (χ3n) is 2.56. The van der Waals surface area contributed by atoms with Gasteiger partial charge in [-0.1, -0.05) is 0 Å². The molecule has 1 N–H and O–H groups in total. The van der Waals surface area contributed by atoms with Crippen LogP contribution in [0.3, 0.4) is 0 Å². The Morgan fingerprint density at radius 3 is 2.35 bits per heavy atom. The second-order valence-corrected chi connectivity index (χ2v) is 5.30. The Morgan fingerprint density at radius 1 is 1.29 bits per heavy atom. The van der Waals surface area contributed by atoms with Gasteiger partial charge in [0, 0.05) is 0 Å². The summed E-state index contributed by atoms with van der Waals surface area (Å²) >= 11 is 0. The highest BCUT2D eigenvalue weighted by molar-refractivity contribution is 5.76. The van der Waals surface area contributed by atoms with Crippen molar-refractivity contribution >= 4 is 5.97 Å². The fraction of sp³-hybridized carbons (Fsp3) is 0.909. The predicted molar refractivity (Wildman–Crippen MR) is 56.4 cm³/mol. The third kappa shape index (κ3) is 4.53. The lowest BCUT2D eigenvalue weighted by Crippen LogP contribution is -2.48. The summed E-state index contributed by atoms with van der Waals surface area (Å²) in [4.78, 5) is 11.6. The minimum absolute atomic E-state index is 0.0167.